The van der Waals surface area contributed by atoms with Crippen molar-refractivity contribution in [1.29, 1.82) is 0 Å². The van der Waals surface area contributed by atoms with E-state index in [-0.39, 0.29) is 64.0 Å². The Morgan fingerprint density at radius 3 is 2.11 bits per heavy atom. The summed E-state index contributed by atoms with van der Waals surface area (Å²) in [5, 5.41) is 11.9. The van der Waals surface area contributed by atoms with E-state index in [9.17, 15) is 33.2 Å². The van der Waals surface area contributed by atoms with E-state index in [4.69, 9.17) is 70.2 Å². The molecule has 3 atom stereocenters. The number of carbonyl (C=O) groups excluding carboxylic acids is 6. The zero-order valence-electron chi connectivity index (χ0n) is 71.1. The van der Waals surface area contributed by atoms with Crippen LogP contribution in [0, 0.1) is 18.7 Å². The first-order chi connectivity index (χ1) is 59.7. The molecule has 1 aliphatic heterocycles. The number of thiophene rings is 1. The Morgan fingerprint density at radius 1 is 0.726 bits per heavy atom. The molecule has 26 nitrogen and oxygen atoms in total. The number of quaternary nitrogens is 1. The summed E-state index contributed by atoms with van der Waals surface area (Å²) in [6, 6.07) is 52.7. The molecule has 6 N–H and O–H groups in total. The minimum absolute atomic E-state index is 0.0275. The highest BCUT2D eigenvalue weighted by molar-refractivity contribution is 7.22. The molecule has 1 saturated heterocycles. The summed E-state index contributed by atoms with van der Waals surface area (Å²) in [5.41, 5.74) is 16.3. The lowest BCUT2D eigenvalue weighted by Gasteiger charge is -2.42. The summed E-state index contributed by atoms with van der Waals surface area (Å²) >= 11 is 8.81. The number of methoxy groups -OCH3 is 2. The van der Waals surface area contributed by atoms with Crippen molar-refractivity contribution in [3.63, 3.8) is 0 Å². The zero-order valence-corrected chi connectivity index (χ0v) is 72.6. The minimum atomic E-state index is -1.31. The zero-order chi connectivity index (χ0) is 87.8. The first-order valence-electron chi connectivity index (χ1n) is 41.1. The molecule has 11 aromatic rings. The van der Waals surface area contributed by atoms with Crippen LogP contribution in [0.1, 0.15) is 98.0 Å². The van der Waals surface area contributed by atoms with Gasteiger partial charge in [0.2, 0.25) is 23.8 Å². The molecule has 3 aromatic heterocycles. The second-order valence-electron chi connectivity index (χ2n) is 32.4. The summed E-state index contributed by atoms with van der Waals surface area (Å²) in [7, 11) is 7.05. The predicted octanol–water partition coefficient (Wildman–Crippen LogP) is 16.1. The number of anilines is 1. The van der Waals surface area contributed by atoms with Crippen molar-refractivity contribution in [3.8, 4) is 73.0 Å². The number of primary amides is 1. The first kappa shape index (κ1) is 89.0. The average Bonchev–Trinajstić information content (AvgIpc) is 1.58. The summed E-state index contributed by atoms with van der Waals surface area (Å²) in [5.74, 6) is -0.108. The molecular weight excluding hydrogens is 1620 g/mol. The Balaban J connectivity index is 0.718. The Kier molecular flexibility index (Phi) is 29.1. The molecule has 646 valence electrons. The van der Waals surface area contributed by atoms with Gasteiger partial charge in [0.05, 0.1) is 56.0 Å². The van der Waals surface area contributed by atoms with Crippen LogP contribution in [0.25, 0.3) is 54.3 Å². The van der Waals surface area contributed by atoms with Crippen LogP contribution in [-0.4, -0.2) is 175 Å². The van der Waals surface area contributed by atoms with E-state index in [1.807, 2.05) is 116 Å². The second kappa shape index (κ2) is 40.5. The number of hydrogen-bond donors (Lipinski definition) is 5. The van der Waals surface area contributed by atoms with Gasteiger partial charge in [-0.3, -0.25) is 14.5 Å². The number of piperazine rings is 1. The number of aromatic nitrogens is 4. The van der Waals surface area contributed by atoms with Crippen molar-refractivity contribution >= 4 is 74.8 Å². The van der Waals surface area contributed by atoms with Crippen molar-refractivity contribution < 1.29 is 75.5 Å². The molecule has 1 fully saturated rings. The molecule has 1 aliphatic carbocycles. The lowest BCUT2D eigenvalue weighted by molar-refractivity contribution is -0.926. The minimum Gasteiger partial charge on any atom is -0.497 e. The van der Waals surface area contributed by atoms with Gasteiger partial charge >= 0.3 is 24.2 Å². The van der Waals surface area contributed by atoms with Crippen LogP contribution in [0.5, 0.6) is 28.9 Å². The number of urea groups is 1. The van der Waals surface area contributed by atoms with E-state index in [2.05, 4.69) is 62.5 Å². The maximum Gasteiger partial charge on any atom is 0.409 e. The number of halogens is 2. The number of rotatable bonds is 35. The number of para-hydroxylation sites is 2. The lowest BCUT2D eigenvalue weighted by atomic mass is 9.96. The Morgan fingerprint density at radius 2 is 1.42 bits per heavy atom. The number of likely N-dealkylation sites (N-methyl/N-ethyl adjacent to an activating group) is 1. The molecule has 0 saturated carbocycles. The normalized spacial score (nSPS) is 13.8. The molecule has 0 radical (unpaired) electrons. The van der Waals surface area contributed by atoms with E-state index in [1.165, 1.54) is 34.7 Å². The van der Waals surface area contributed by atoms with Gasteiger partial charge in [-0.25, -0.2) is 43.5 Å². The van der Waals surface area contributed by atoms with Crippen molar-refractivity contribution in [1.82, 2.24) is 45.7 Å². The molecule has 29 heteroatoms. The molecule has 4 heterocycles. The van der Waals surface area contributed by atoms with Crippen LogP contribution in [0.3, 0.4) is 0 Å². The van der Waals surface area contributed by atoms with Gasteiger partial charge in [-0.05, 0) is 169 Å². The maximum atomic E-state index is 14.8. The smallest absolute Gasteiger partial charge is 0.409 e. The highest BCUT2D eigenvalue weighted by Crippen LogP contribution is 2.50. The Hall–Kier alpha value is -12.8. The number of amides is 6. The molecule has 0 bridgehead atoms. The van der Waals surface area contributed by atoms with Gasteiger partial charge in [-0.2, -0.15) is 0 Å². The van der Waals surface area contributed by atoms with Crippen molar-refractivity contribution in [2.24, 2.45) is 11.7 Å². The number of benzene rings is 8. The highest BCUT2D eigenvalue weighted by atomic mass is 35.5. The third-order valence-corrected chi connectivity index (χ3v) is 23.5. The number of alkyl carbamates (subject to hydrolysis) is 1. The molecular formula is C95H103ClFN12O14S+. The molecule has 6 amide bonds. The van der Waals surface area contributed by atoms with Crippen LogP contribution in [0.15, 0.2) is 195 Å². The number of ether oxygens (including phenoxy) is 8. The molecule has 0 unspecified atom stereocenters. The van der Waals surface area contributed by atoms with Gasteiger partial charge in [0, 0.05) is 80.0 Å². The summed E-state index contributed by atoms with van der Waals surface area (Å²) in [6.07, 6.45) is 0.727. The number of hydrogen-bond acceptors (Lipinski definition) is 20. The fourth-order valence-electron chi connectivity index (χ4n) is 15.3. The van der Waals surface area contributed by atoms with Gasteiger partial charge in [-0.1, -0.05) is 141 Å². The third kappa shape index (κ3) is 22.4. The number of carbonyl (C=O) groups is 6. The Bertz CT molecular complexity index is 5600. The summed E-state index contributed by atoms with van der Waals surface area (Å²) in [4.78, 5) is 106. The predicted molar refractivity (Wildman–Crippen MR) is 474 cm³/mol. The van der Waals surface area contributed by atoms with Gasteiger partial charge < -0.3 is 74.3 Å². The molecule has 124 heavy (non-hydrogen) atoms. The lowest BCUT2D eigenvalue weighted by Crippen LogP contribution is -2.57. The second-order valence-corrected chi connectivity index (χ2v) is 33.7. The van der Waals surface area contributed by atoms with E-state index in [1.54, 1.807) is 98.5 Å². The van der Waals surface area contributed by atoms with Crippen LogP contribution >= 0.6 is 22.9 Å². The quantitative estimate of drug-likeness (QED) is 0.0107. The van der Waals surface area contributed by atoms with E-state index >= 15 is 0 Å². The summed E-state index contributed by atoms with van der Waals surface area (Å²) < 4.78 is 64.2. The number of nitrogens with zero attached hydrogens (tertiary/aromatic N) is 7. The maximum absolute atomic E-state index is 14.8. The Labute approximate surface area is 729 Å². The van der Waals surface area contributed by atoms with Crippen LogP contribution in [0.4, 0.5) is 24.5 Å². The van der Waals surface area contributed by atoms with E-state index in [0.717, 1.165) is 52.0 Å². The number of esters is 1. The standard InChI is InChI=1S/C95H102ClFN12O14S/c1-58(2)84(106-93(114)123-95(4,5)6)88(111)105-76(26-19-42-100-92(98)113)87(110)104-66-36-33-63(64(50-66)52-107(7)94(115)121-56-75-72-23-14-12-21-70(72)71-22-13-15-24-73(71)75)53-109(8)47-44-108(45-48-109)46-49-118-79-40-39-69(59(3)83(79)96)81-82-89(101-57-102-90(82)124-85(81)61-31-34-65(97)35-32-61)122-80(91(112)120-54-60-29-37-68(116-9)38-30-60)51-62-20-11-17-27-77(62)119-55-67-41-43-99-86(103-67)74-25-16-18-28-78(74)117-10/h11-18,20-25,27-41,43,50,57-58,75-76,80,84H,19,26,42,44-49,51-56H2,1-10H3,(H5-,98,100,104,105,106,110,111,113,114)/p+1/t76-,80+,84-/m0/s1. The highest BCUT2D eigenvalue weighted by Gasteiger charge is 2.36. The topological polar surface area (TPSA) is 308 Å². The van der Waals surface area contributed by atoms with Gasteiger partial charge in [0.15, 0.2) is 5.82 Å². The van der Waals surface area contributed by atoms with Crippen LogP contribution in [-0.2, 0) is 61.3 Å². The fourth-order valence-corrected chi connectivity index (χ4v) is 16.7. The largest absolute Gasteiger partial charge is 0.497 e. The van der Waals surface area contributed by atoms with Crippen molar-refractivity contribution in [2.45, 2.75) is 117 Å². The SMILES string of the molecule is COc1ccc(COC(=O)[C@@H](Cc2ccccc2OCc2ccnc(-c3ccccc3OC)n2)Oc2ncnc3sc(-c4ccc(F)cc4)c(-c4ccc(OCCN5CC[N+](C)(Cc6ccc(NC(=O)[C@H](CCCNC(N)=O)NC(=O)[C@@H](NC(=O)OC(C)(C)C)C(C)C)cc6CN(C)C(=O)OCC6c7ccccc7-c7ccccc76)CC5)c(Cl)c4C)c23)cc1. The molecule has 2 aliphatic rings. The number of nitrogens with two attached hydrogens (primary N) is 1. The number of fused-ring (bicyclic) bond motifs is 4. The van der Waals surface area contributed by atoms with Gasteiger partial charge in [0.25, 0.3) is 0 Å². The molecule has 13 rings (SSSR count). The molecule has 0 spiro atoms. The molecule has 8 aromatic carbocycles. The summed E-state index contributed by atoms with van der Waals surface area (Å²) in [6.45, 7) is 15.2. The van der Waals surface area contributed by atoms with Gasteiger partial charge in [-0.15, -0.1) is 11.3 Å². The van der Waals surface area contributed by atoms with Crippen molar-refractivity contribution in [2.75, 3.05) is 86.1 Å². The van der Waals surface area contributed by atoms with Gasteiger partial charge in [0.1, 0.15) is 90.6 Å². The third-order valence-electron chi connectivity index (χ3n) is 21.9. The van der Waals surface area contributed by atoms with Crippen molar-refractivity contribution in [3.05, 3.63) is 250 Å². The van der Waals surface area contributed by atoms with Crippen LogP contribution < -0.4 is 50.7 Å². The van der Waals surface area contributed by atoms with E-state index < -0.39 is 71.5 Å². The first-order valence-corrected chi connectivity index (χ1v) is 42.3. The van der Waals surface area contributed by atoms with Crippen LogP contribution in [0.2, 0.25) is 5.02 Å². The average molecular weight is 1720 g/mol. The van der Waals surface area contributed by atoms with E-state index in [0.29, 0.717) is 131 Å². The monoisotopic (exact) mass is 1720 g/mol. The fraction of sp³-hybridized carbons (Fsp3) is 0.326. The number of nitrogens with one attached hydrogen (secondary N) is 4.